The van der Waals surface area contributed by atoms with E-state index in [1.165, 1.54) is 11.1 Å². The molecule has 1 amide bonds. The molecule has 2 N–H and O–H groups in total. The van der Waals surface area contributed by atoms with Crippen molar-refractivity contribution in [2.45, 2.75) is 44.8 Å². The molecule has 0 unspecified atom stereocenters. The summed E-state index contributed by atoms with van der Waals surface area (Å²) in [6.45, 7) is 4.07. The minimum absolute atomic E-state index is 0.00355. The van der Waals surface area contributed by atoms with E-state index in [0.717, 1.165) is 25.7 Å². The first kappa shape index (κ1) is 15.5. The average molecular weight is 302 g/mol. The van der Waals surface area contributed by atoms with E-state index in [9.17, 15) is 4.79 Å². The number of carbonyl (C=O) groups excluding carboxylic acids is 1. The maximum atomic E-state index is 12.8. The number of nitrogens with two attached hydrogens (primary N) is 1. The molecular formula is C18H26N2O2. The van der Waals surface area contributed by atoms with Crippen molar-refractivity contribution in [3.8, 4) is 0 Å². The Hall–Kier alpha value is -1.39. The predicted octanol–water partition coefficient (Wildman–Crippen LogP) is 2.41. The Labute approximate surface area is 132 Å². The Balaban J connectivity index is 1.68. The Bertz CT molecular complexity index is 532. The van der Waals surface area contributed by atoms with E-state index in [-0.39, 0.29) is 24.0 Å². The summed E-state index contributed by atoms with van der Waals surface area (Å²) < 4.78 is 5.92. The quantitative estimate of drug-likeness (QED) is 0.913. The molecule has 1 saturated heterocycles. The maximum Gasteiger partial charge on any atom is 0.225 e. The molecule has 1 heterocycles. The van der Waals surface area contributed by atoms with Crippen LogP contribution in [0, 0.1) is 12.8 Å². The lowest BCUT2D eigenvalue weighted by Crippen LogP contribution is -2.46. The molecule has 1 aliphatic heterocycles. The highest BCUT2D eigenvalue weighted by Crippen LogP contribution is 2.29. The molecule has 0 bridgehead atoms. The molecule has 0 spiro atoms. The molecule has 4 heteroatoms. The second-order valence-corrected chi connectivity index (χ2v) is 6.62. The molecule has 1 aromatic carbocycles. The number of morpholine rings is 1. The van der Waals surface area contributed by atoms with Crippen LogP contribution in [0.4, 0.5) is 0 Å². The number of aryl methyl sites for hydroxylation is 1. The molecule has 2 fully saturated rings. The minimum atomic E-state index is -0.00355. The van der Waals surface area contributed by atoms with Gasteiger partial charge in [-0.3, -0.25) is 4.79 Å². The lowest BCUT2D eigenvalue weighted by Gasteiger charge is -2.37. The van der Waals surface area contributed by atoms with Crippen LogP contribution in [0.5, 0.6) is 0 Å². The number of ether oxygens (including phenoxy) is 1. The summed E-state index contributed by atoms with van der Waals surface area (Å²) in [6, 6.07) is 8.46. The zero-order chi connectivity index (χ0) is 15.5. The number of nitrogens with zero attached hydrogens (tertiary/aromatic N) is 1. The van der Waals surface area contributed by atoms with E-state index in [1.54, 1.807) is 0 Å². The molecule has 120 valence electrons. The van der Waals surface area contributed by atoms with Gasteiger partial charge >= 0.3 is 0 Å². The summed E-state index contributed by atoms with van der Waals surface area (Å²) in [5, 5.41) is 0. The highest BCUT2D eigenvalue weighted by molar-refractivity contribution is 5.79. The van der Waals surface area contributed by atoms with Crippen LogP contribution < -0.4 is 5.73 Å². The number of amides is 1. The van der Waals surface area contributed by atoms with Crippen LogP contribution in [0.2, 0.25) is 0 Å². The third-order valence-corrected chi connectivity index (χ3v) is 4.98. The predicted molar refractivity (Wildman–Crippen MR) is 86.4 cm³/mol. The SMILES string of the molecule is Cc1ccccc1[C@@H]1CN(C(=O)[C@H]2CCC[C@H](N)C2)CCO1. The molecule has 1 aromatic rings. The van der Waals surface area contributed by atoms with Crippen molar-refractivity contribution < 1.29 is 9.53 Å². The smallest absolute Gasteiger partial charge is 0.225 e. The van der Waals surface area contributed by atoms with Gasteiger partial charge in [-0.05, 0) is 37.3 Å². The maximum absolute atomic E-state index is 12.8. The van der Waals surface area contributed by atoms with Gasteiger partial charge in [0.2, 0.25) is 5.91 Å². The summed E-state index contributed by atoms with van der Waals surface area (Å²) in [5.41, 5.74) is 8.45. The fourth-order valence-corrected chi connectivity index (χ4v) is 3.70. The van der Waals surface area contributed by atoms with E-state index < -0.39 is 0 Å². The normalized spacial score (nSPS) is 29.4. The summed E-state index contributed by atoms with van der Waals surface area (Å²) in [6.07, 6.45) is 3.95. The summed E-state index contributed by atoms with van der Waals surface area (Å²) >= 11 is 0. The third-order valence-electron chi connectivity index (χ3n) is 4.98. The largest absolute Gasteiger partial charge is 0.370 e. The van der Waals surface area contributed by atoms with E-state index >= 15 is 0 Å². The minimum Gasteiger partial charge on any atom is -0.370 e. The third kappa shape index (κ3) is 3.33. The first-order valence-electron chi connectivity index (χ1n) is 8.36. The Morgan fingerprint density at radius 3 is 2.91 bits per heavy atom. The van der Waals surface area contributed by atoms with Crippen LogP contribution in [0.3, 0.4) is 0 Å². The molecule has 4 nitrogen and oxygen atoms in total. The summed E-state index contributed by atoms with van der Waals surface area (Å²) in [5.74, 6) is 0.386. The van der Waals surface area contributed by atoms with Crippen LogP contribution in [0.15, 0.2) is 24.3 Å². The molecule has 0 aromatic heterocycles. The van der Waals surface area contributed by atoms with Crippen molar-refractivity contribution >= 4 is 5.91 Å². The van der Waals surface area contributed by atoms with E-state index in [4.69, 9.17) is 10.5 Å². The van der Waals surface area contributed by atoms with Gasteiger partial charge in [-0.25, -0.2) is 0 Å². The molecule has 1 saturated carbocycles. The summed E-state index contributed by atoms with van der Waals surface area (Å²) in [4.78, 5) is 14.8. The monoisotopic (exact) mass is 302 g/mol. The average Bonchev–Trinajstić information content (AvgIpc) is 2.55. The second kappa shape index (κ2) is 6.80. The zero-order valence-corrected chi connectivity index (χ0v) is 13.3. The lowest BCUT2D eigenvalue weighted by atomic mass is 9.85. The van der Waals surface area contributed by atoms with Crippen LogP contribution in [-0.4, -0.2) is 36.5 Å². The Morgan fingerprint density at radius 2 is 2.14 bits per heavy atom. The number of rotatable bonds is 2. The van der Waals surface area contributed by atoms with Gasteiger partial charge in [0.05, 0.1) is 13.2 Å². The van der Waals surface area contributed by atoms with Gasteiger partial charge in [-0.1, -0.05) is 30.7 Å². The van der Waals surface area contributed by atoms with Crippen LogP contribution in [-0.2, 0) is 9.53 Å². The van der Waals surface area contributed by atoms with Crippen molar-refractivity contribution in [3.63, 3.8) is 0 Å². The van der Waals surface area contributed by atoms with E-state index in [2.05, 4.69) is 19.1 Å². The fourth-order valence-electron chi connectivity index (χ4n) is 3.70. The van der Waals surface area contributed by atoms with Gasteiger partial charge < -0.3 is 15.4 Å². The van der Waals surface area contributed by atoms with Crippen molar-refractivity contribution in [3.05, 3.63) is 35.4 Å². The van der Waals surface area contributed by atoms with Crippen LogP contribution >= 0.6 is 0 Å². The van der Waals surface area contributed by atoms with Crippen LogP contribution in [0.1, 0.15) is 42.9 Å². The van der Waals surface area contributed by atoms with Gasteiger partial charge in [0, 0.05) is 18.5 Å². The molecule has 3 atom stereocenters. The summed E-state index contributed by atoms with van der Waals surface area (Å²) in [7, 11) is 0. The van der Waals surface area contributed by atoms with E-state index in [0.29, 0.717) is 19.7 Å². The van der Waals surface area contributed by atoms with Gasteiger partial charge in [-0.2, -0.15) is 0 Å². The number of carbonyl (C=O) groups is 1. The van der Waals surface area contributed by atoms with Crippen molar-refractivity contribution in [1.82, 2.24) is 4.90 Å². The van der Waals surface area contributed by atoms with Gasteiger partial charge in [0.15, 0.2) is 0 Å². The Kier molecular flexibility index (Phi) is 4.79. The highest BCUT2D eigenvalue weighted by Gasteiger charge is 2.32. The topological polar surface area (TPSA) is 55.6 Å². The standard InChI is InChI=1S/C18H26N2O2/c1-13-5-2-3-8-16(13)17-12-20(9-10-22-17)18(21)14-6-4-7-15(19)11-14/h2-3,5,8,14-15,17H,4,6-7,9-12,19H2,1H3/t14-,15-,17-/m0/s1. The number of benzene rings is 1. The van der Waals surface area contributed by atoms with Crippen molar-refractivity contribution in [2.24, 2.45) is 11.7 Å². The van der Waals surface area contributed by atoms with E-state index in [1.807, 2.05) is 17.0 Å². The first-order chi connectivity index (χ1) is 10.6. The van der Waals surface area contributed by atoms with Gasteiger partial charge in [0.1, 0.15) is 6.10 Å². The van der Waals surface area contributed by atoms with Gasteiger partial charge in [-0.15, -0.1) is 0 Å². The molecule has 22 heavy (non-hydrogen) atoms. The molecule has 3 rings (SSSR count). The molecule has 1 aliphatic carbocycles. The molecule has 0 radical (unpaired) electrons. The lowest BCUT2D eigenvalue weighted by molar-refractivity contribution is -0.144. The molecular weight excluding hydrogens is 276 g/mol. The highest BCUT2D eigenvalue weighted by atomic mass is 16.5. The van der Waals surface area contributed by atoms with Crippen molar-refractivity contribution in [2.75, 3.05) is 19.7 Å². The van der Waals surface area contributed by atoms with Crippen molar-refractivity contribution in [1.29, 1.82) is 0 Å². The van der Waals surface area contributed by atoms with Gasteiger partial charge in [0.25, 0.3) is 0 Å². The first-order valence-corrected chi connectivity index (χ1v) is 8.36. The van der Waals surface area contributed by atoms with Crippen LogP contribution in [0.25, 0.3) is 0 Å². The Morgan fingerprint density at radius 1 is 1.32 bits per heavy atom. The number of hydrogen-bond acceptors (Lipinski definition) is 3. The molecule has 2 aliphatic rings. The number of hydrogen-bond donors (Lipinski definition) is 1. The second-order valence-electron chi connectivity index (χ2n) is 6.62. The zero-order valence-electron chi connectivity index (χ0n) is 13.3. The fraction of sp³-hybridized carbons (Fsp3) is 0.611.